The lowest BCUT2D eigenvalue weighted by atomic mass is 10.3. The molecule has 0 bridgehead atoms. The first kappa shape index (κ1) is 13.1. The SMILES string of the molecule is COc1cccnc1NCCCN1CCOCC1. The number of nitrogens with one attached hydrogen (secondary N) is 1. The second kappa shape index (κ2) is 7.18. The number of morpholine rings is 1. The summed E-state index contributed by atoms with van der Waals surface area (Å²) in [5.41, 5.74) is 0. The van der Waals surface area contributed by atoms with Gasteiger partial charge >= 0.3 is 0 Å². The van der Waals surface area contributed by atoms with Gasteiger partial charge in [0, 0.05) is 25.8 Å². The van der Waals surface area contributed by atoms with E-state index in [-0.39, 0.29) is 0 Å². The summed E-state index contributed by atoms with van der Waals surface area (Å²) in [4.78, 5) is 6.70. The van der Waals surface area contributed by atoms with Crippen LogP contribution >= 0.6 is 0 Å². The van der Waals surface area contributed by atoms with E-state index in [0.29, 0.717) is 0 Å². The van der Waals surface area contributed by atoms with Crippen molar-refractivity contribution in [3.63, 3.8) is 0 Å². The molecule has 0 atom stereocenters. The van der Waals surface area contributed by atoms with Crippen LogP contribution in [0.25, 0.3) is 0 Å². The van der Waals surface area contributed by atoms with Gasteiger partial charge in [-0.05, 0) is 25.1 Å². The molecule has 1 aromatic rings. The standard InChI is InChI=1S/C13H21N3O2/c1-17-12-4-2-5-14-13(12)15-6-3-7-16-8-10-18-11-9-16/h2,4-5H,3,6-11H2,1H3,(H,14,15). The second-order valence-corrected chi connectivity index (χ2v) is 4.29. The fourth-order valence-electron chi connectivity index (χ4n) is 2.02. The van der Waals surface area contributed by atoms with Crippen LogP contribution in [-0.4, -0.2) is 56.4 Å². The molecule has 2 rings (SSSR count). The molecule has 0 unspecified atom stereocenters. The quantitative estimate of drug-likeness (QED) is 0.770. The zero-order chi connectivity index (χ0) is 12.6. The molecule has 1 fully saturated rings. The van der Waals surface area contributed by atoms with E-state index in [1.54, 1.807) is 13.3 Å². The van der Waals surface area contributed by atoms with E-state index in [1.807, 2.05) is 12.1 Å². The van der Waals surface area contributed by atoms with Gasteiger partial charge in [0.2, 0.25) is 0 Å². The minimum Gasteiger partial charge on any atom is -0.493 e. The predicted molar refractivity (Wildman–Crippen MR) is 71.2 cm³/mol. The van der Waals surface area contributed by atoms with E-state index in [0.717, 1.165) is 57.4 Å². The zero-order valence-electron chi connectivity index (χ0n) is 10.9. The molecule has 0 saturated carbocycles. The van der Waals surface area contributed by atoms with Gasteiger partial charge in [-0.1, -0.05) is 0 Å². The van der Waals surface area contributed by atoms with E-state index < -0.39 is 0 Å². The Morgan fingerprint density at radius 1 is 1.44 bits per heavy atom. The van der Waals surface area contributed by atoms with Crippen LogP contribution in [0.3, 0.4) is 0 Å². The maximum absolute atomic E-state index is 5.32. The highest BCUT2D eigenvalue weighted by Gasteiger charge is 2.09. The first-order chi connectivity index (χ1) is 8.90. The fraction of sp³-hybridized carbons (Fsp3) is 0.615. The summed E-state index contributed by atoms with van der Waals surface area (Å²) < 4.78 is 10.6. The number of hydrogen-bond donors (Lipinski definition) is 1. The summed E-state index contributed by atoms with van der Waals surface area (Å²) in [6.07, 6.45) is 2.87. The number of methoxy groups -OCH3 is 1. The highest BCUT2D eigenvalue weighted by atomic mass is 16.5. The molecule has 18 heavy (non-hydrogen) atoms. The molecule has 0 amide bonds. The summed E-state index contributed by atoms with van der Waals surface area (Å²) in [7, 11) is 1.66. The summed E-state index contributed by atoms with van der Waals surface area (Å²) >= 11 is 0. The number of aromatic nitrogens is 1. The van der Waals surface area contributed by atoms with Crippen molar-refractivity contribution in [2.45, 2.75) is 6.42 Å². The molecule has 0 radical (unpaired) electrons. The number of anilines is 1. The van der Waals surface area contributed by atoms with Crippen LogP contribution < -0.4 is 10.1 Å². The van der Waals surface area contributed by atoms with Crippen LogP contribution in [0.1, 0.15) is 6.42 Å². The van der Waals surface area contributed by atoms with Gasteiger partial charge < -0.3 is 14.8 Å². The van der Waals surface area contributed by atoms with Gasteiger partial charge in [-0.25, -0.2) is 4.98 Å². The lowest BCUT2D eigenvalue weighted by Crippen LogP contribution is -2.37. The first-order valence-corrected chi connectivity index (χ1v) is 6.43. The Hall–Kier alpha value is -1.33. The minimum absolute atomic E-state index is 0.795. The summed E-state index contributed by atoms with van der Waals surface area (Å²) in [5.74, 6) is 1.62. The molecule has 1 aliphatic heterocycles. The largest absolute Gasteiger partial charge is 0.493 e. The van der Waals surface area contributed by atoms with Gasteiger partial charge in [0.25, 0.3) is 0 Å². The topological polar surface area (TPSA) is 46.6 Å². The van der Waals surface area contributed by atoms with E-state index in [2.05, 4.69) is 15.2 Å². The van der Waals surface area contributed by atoms with Crippen LogP contribution in [0.5, 0.6) is 5.75 Å². The third-order valence-corrected chi connectivity index (χ3v) is 3.04. The van der Waals surface area contributed by atoms with Crippen molar-refractivity contribution in [3.05, 3.63) is 18.3 Å². The summed E-state index contributed by atoms with van der Waals surface area (Å²) in [5, 5.41) is 3.31. The maximum atomic E-state index is 5.32. The number of hydrogen-bond acceptors (Lipinski definition) is 5. The van der Waals surface area contributed by atoms with Gasteiger partial charge in [-0.3, -0.25) is 4.90 Å². The van der Waals surface area contributed by atoms with E-state index in [4.69, 9.17) is 9.47 Å². The maximum Gasteiger partial charge on any atom is 0.168 e. The molecule has 0 spiro atoms. The molecular weight excluding hydrogens is 230 g/mol. The van der Waals surface area contributed by atoms with Crippen molar-refractivity contribution in [3.8, 4) is 5.75 Å². The molecule has 1 N–H and O–H groups in total. The molecule has 2 heterocycles. The van der Waals surface area contributed by atoms with Gasteiger partial charge in [-0.15, -0.1) is 0 Å². The van der Waals surface area contributed by atoms with Gasteiger partial charge in [0.15, 0.2) is 11.6 Å². The Morgan fingerprint density at radius 3 is 3.06 bits per heavy atom. The highest BCUT2D eigenvalue weighted by molar-refractivity contribution is 5.49. The van der Waals surface area contributed by atoms with Crippen molar-refractivity contribution in [1.29, 1.82) is 0 Å². The molecule has 0 aromatic carbocycles. The number of nitrogens with zero attached hydrogens (tertiary/aromatic N) is 2. The Bertz CT molecular complexity index is 354. The monoisotopic (exact) mass is 251 g/mol. The normalized spacial score (nSPS) is 16.5. The van der Waals surface area contributed by atoms with Crippen LogP contribution in [0.4, 0.5) is 5.82 Å². The Morgan fingerprint density at radius 2 is 2.28 bits per heavy atom. The van der Waals surface area contributed by atoms with Crippen molar-refractivity contribution in [1.82, 2.24) is 9.88 Å². The van der Waals surface area contributed by atoms with E-state index in [1.165, 1.54) is 0 Å². The molecule has 1 aliphatic rings. The van der Waals surface area contributed by atoms with Crippen LogP contribution in [0, 0.1) is 0 Å². The second-order valence-electron chi connectivity index (χ2n) is 4.29. The van der Waals surface area contributed by atoms with Gasteiger partial charge in [0.1, 0.15) is 0 Å². The number of pyridine rings is 1. The Labute approximate surface area is 108 Å². The van der Waals surface area contributed by atoms with Crippen molar-refractivity contribution in [2.75, 3.05) is 51.8 Å². The average Bonchev–Trinajstić information content (AvgIpc) is 2.45. The van der Waals surface area contributed by atoms with Crippen molar-refractivity contribution >= 4 is 5.82 Å². The van der Waals surface area contributed by atoms with Crippen molar-refractivity contribution < 1.29 is 9.47 Å². The third kappa shape index (κ3) is 3.85. The van der Waals surface area contributed by atoms with Crippen LogP contribution in [0.15, 0.2) is 18.3 Å². The van der Waals surface area contributed by atoms with Crippen molar-refractivity contribution in [2.24, 2.45) is 0 Å². The molecule has 5 nitrogen and oxygen atoms in total. The molecule has 0 aliphatic carbocycles. The smallest absolute Gasteiger partial charge is 0.168 e. The van der Waals surface area contributed by atoms with Gasteiger partial charge in [-0.2, -0.15) is 0 Å². The molecule has 5 heteroatoms. The van der Waals surface area contributed by atoms with Crippen LogP contribution in [0.2, 0.25) is 0 Å². The Balaban J connectivity index is 1.68. The fourth-order valence-corrected chi connectivity index (χ4v) is 2.02. The molecular formula is C13H21N3O2. The van der Waals surface area contributed by atoms with Gasteiger partial charge in [0.05, 0.1) is 20.3 Å². The third-order valence-electron chi connectivity index (χ3n) is 3.04. The first-order valence-electron chi connectivity index (χ1n) is 6.43. The average molecular weight is 251 g/mol. The minimum atomic E-state index is 0.795. The lowest BCUT2D eigenvalue weighted by Gasteiger charge is -2.26. The molecule has 1 aromatic heterocycles. The zero-order valence-corrected chi connectivity index (χ0v) is 10.9. The number of rotatable bonds is 6. The molecule has 1 saturated heterocycles. The number of ether oxygens (including phenoxy) is 2. The van der Waals surface area contributed by atoms with E-state index >= 15 is 0 Å². The summed E-state index contributed by atoms with van der Waals surface area (Å²) in [6, 6.07) is 3.79. The van der Waals surface area contributed by atoms with Crippen LogP contribution in [-0.2, 0) is 4.74 Å². The van der Waals surface area contributed by atoms with E-state index in [9.17, 15) is 0 Å². The highest BCUT2D eigenvalue weighted by Crippen LogP contribution is 2.19. The lowest BCUT2D eigenvalue weighted by molar-refractivity contribution is 0.0378. The Kier molecular flexibility index (Phi) is 5.23. The summed E-state index contributed by atoms with van der Waals surface area (Å²) in [6.45, 7) is 5.83. The molecule has 100 valence electrons. The predicted octanol–water partition coefficient (Wildman–Crippen LogP) is 1.22.